The predicted molar refractivity (Wildman–Crippen MR) is 76.5 cm³/mol. The average Bonchev–Trinajstić information content (AvgIpc) is 2.41. The molecule has 19 heavy (non-hydrogen) atoms. The molecular weight excluding hydrogens is 262 g/mol. The lowest BCUT2D eigenvalue weighted by molar-refractivity contribution is -0.136. The molecule has 1 amide bonds. The van der Waals surface area contributed by atoms with Crippen molar-refractivity contribution < 1.29 is 14.7 Å². The minimum atomic E-state index is -0.893. The molecule has 1 aromatic carbocycles. The number of carbonyl (C=O) groups excluding carboxylic acids is 1. The van der Waals surface area contributed by atoms with Gasteiger partial charge in [-0.1, -0.05) is 18.2 Å². The van der Waals surface area contributed by atoms with E-state index in [0.717, 1.165) is 24.3 Å². The minimum Gasteiger partial charge on any atom is -0.481 e. The molecule has 5 heteroatoms. The molecule has 0 atom stereocenters. The van der Waals surface area contributed by atoms with Crippen LogP contribution < -0.4 is 5.32 Å². The topological polar surface area (TPSA) is 66.4 Å². The Bertz CT molecular complexity index is 470. The van der Waals surface area contributed by atoms with E-state index < -0.39 is 5.97 Å². The van der Waals surface area contributed by atoms with Gasteiger partial charge in [0, 0.05) is 11.6 Å². The van der Waals surface area contributed by atoms with E-state index in [9.17, 15) is 9.59 Å². The summed E-state index contributed by atoms with van der Waals surface area (Å²) < 4.78 is 0. The molecule has 0 unspecified atom stereocenters. The van der Waals surface area contributed by atoms with Crippen LogP contribution in [0.1, 0.15) is 18.4 Å². The summed E-state index contributed by atoms with van der Waals surface area (Å²) in [6, 6.07) is 7.08. The van der Waals surface area contributed by atoms with E-state index in [-0.39, 0.29) is 18.2 Å². The van der Waals surface area contributed by atoms with Crippen molar-refractivity contribution in [3.63, 3.8) is 0 Å². The number of hydrogen-bond donors (Lipinski definition) is 2. The lowest BCUT2D eigenvalue weighted by Gasteiger charge is -2.21. The zero-order valence-corrected chi connectivity index (χ0v) is 11.4. The second-order valence-electron chi connectivity index (χ2n) is 4.60. The van der Waals surface area contributed by atoms with Crippen LogP contribution in [0, 0.1) is 5.92 Å². The summed E-state index contributed by atoms with van der Waals surface area (Å²) in [5.41, 5.74) is 1.27. The van der Waals surface area contributed by atoms with Crippen molar-refractivity contribution in [2.24, 2.45) is 5.92 Å². The summed E-state index contributed by atoms with van der Waals surface area (Å²) in [6.07, 6.45) is 1.73. The van der Waals surface area contributed by atoms with Crippen LogP contribution in [-0.2, 0) is 16.0 Å². The molecule has 2 rings (SSSR count). The molecule has 0 spiro atoms. The number of carbonyl (C=O) groups is 2. The normalized spacial score (nSPS) is 16.0. The molecule has 0 radical (unpaired) electrons. The van der Waals surface area contributed by atoms with Gasteiger partial charge in [0.05, 0.1) is 6.42 Å². The van der Waals surface area contributed by atoms with Gasteiger partial charge in [-0.15, -0.1) is 0 Å². The van der Waals surface area contributed by atoms with E-state index in [1.807, 2.05) is 11.8 Å². The van der Waals surface area contributed by atoms with Crippen molar-refractivity contribution in [2.75, 3.05) is 16.8 Å². The molecule has 0 saturated carbocycles. The van der Waals surface area contributed by atoms with Crippen molar-refractivity contribution in [1.29, 1.82) is 0 Å². The Balaban J connectivity index is 2.05. The highest BCUT2D eigenvalue weighted by Crippen LogP contribution is 2.25. The number of thioether (sulfide) groups is 1. The first-order valence-corrected chi connectivity index (χ1v) is 7.50. The Morgan fingerprint density at radius 3 is 2.63 bits per heavy atom. The van der Waals surface area contributed by atoms with Gasteiger partial charge in [-0.05, 0) is 36.0 Å². The van der Waals surface area contributed by atoms with Crippen molar-refractivity contribution >= 4 is 29.3 Å². The zero-order valence-electron chi connectivity index (χ0n) is 10.6. The molecule has 2 N–H and O–H groups in total. The number of amides is 1. The van der Waals surface area contributed by atoms with Crippen molar-refractivity contribution in [2.45, 2.75) is 19.3 Å². The fraction of sp³-hybridized carbons (Fsp3) is 0.429. The summed E-state index contributed by atoms with van der Waals surface area (Å²) in [4.78, 5) is 22.9. The Morgan fingerprint density at radius 1 is 1.26 bits per heavy atom. The number of aliphatic carboxylic acids is 1. The van der Waals surface area contributed by atoms with Crippen LogP contribution >= 0.6 is 11.8 Å². The Labute approximate surface area is 116 Å². The summed E-state index contributed by atoms with van der Waals surface area (Å²) in [5.74, 6) is 1.22. The molecule has 1 aliphatic rings. The number of carboxylic acids is 1. The second-order valence-corrected chi connectivity index (χ2v) is 5.83. The monoisotopic (exact) mass is 279 g/mol. The van der Waals surface area contributed by atoms with Crippen LogP contribution in [0.5, 0.6) is 0 Å². The Morgan fingerprint density at radius 2 is 1.95 bits per heavy atom. The zero-order chi connectivity index (χ0) is 13.7. The van der Waals surface area contributed by atoms with Gasteiger partial charge in [0.2, 0.25) is 5.91 Å². The highest BCUT2D eigenvalue weighted by atomic mass is 32.2. The van der Waals surface area contributed by atoms with E-state index in [0.29, 0.717) is 11.3 Å². The fourth-order valence-electron chi connectivity index (χ4n) is 2.15. The molecule has 1 aliphatic heterocycles. The number of rotatable bonds is 4. The van der Waals surface area contributed by atoms with Gasteiger partial charge >= 0.3 is 5.97 Å². The molecular formula is C14H17NO3S. The van der Waals surface area contributed by atoms with Gasteiger partial charge in [-0.2, -0.15) is 11.8 Å². The highest BCUT2D eigenvalue weighted by molar-refractivity contribution is 7.99. The van der Waals surface area contributed by atoms with Crippen LogP contribution in [-0.4, -0.2) is 28.5 Å². The number of nitrogens with one attached hydrogen (secondary N) is 1. The Kier molecular flexibility index (Phi) is 4.85. The predicted octanol–water partition coefficient (Wildman–Crippen LogP) is 2.40. The van der Waals surface area contributed by atoms with Gasteiger partial charge in [-0.3, -0.25) is 9.59 Å². The van der Waals surface area contributed by atoms with E-state index >= 15 is 0 Å². The lowest BCUT2D eigenvalue weighted by Crippen LogP contribution is -2.26. The van der Waals surface area contributed by atoms with Crippen molar-refractivity contribution in [3.05, 3.63) is 29.8 Å². The maximum absolute atomic E-state index is 12.1. The number of hydrogen-bond acceptors (Lipinski definition) is 3. The van der Waals surface area contributed by atoms with E-state index in [1.54, 1.807) is 24.3 Å². The van der Waals surface area contributed by atoms with Gasteiger partial charge < -0.3 is 10.4 Å². The molecule has 0 aromatic heterocycles. The maximum atomic E-state index is 12.1. The average molecular weight is 279 g/mol. The number of anilines is 1. The van der Waals surface area contributed by atoms with Gasteiger partial charge in [0.25, 0.3) is 0 Å². The van der Waals surface area contributed by atoms with Crippen LogP contribution in [0.3, 0.4) is 0 Å². The SMILES string of the molecule is O=C(O)Cc1ccccc1NC(=O)C1CCSCC1. The third kappa shape index (κ3) is 3.99. The van der Waals surface area contributed by atoms with Gasteiger partial charge in [-0.25, -0.2) is 0 Å². The molecule has 0 aliphatic carbocycles. The molecule has 1 fully saturated rings. The minimum absolute atomic E-state index is 0.0122. The quantitative estimate of drug-likeness (QED) is 0.888. The number of benzene rings is 1. The van der Waals surface area contributed by atoms with Crippen LogP contribution in [0.2, 0.25) is 0 Å². The first kappa shape index (κ1) is 13.9. The Hall–Kier alpha value is -1.49. The first-order valence-electron chi connectivity index (χ1n) is 6.35. The van der Waals surface area contributed by atoms with Crippen LogP contribution in [0.25, 0.3) is 0 Å². The van der Waals surface area contributed by atoms with Crippen LogP contribution in [0.4, 0.5) is 5.69 Å². The number of carboxylic acid groups (broad SMARTS) is 1. The van der Waals surface area contributed by atoms with Crippen LogP contribution in [0.15, 0.2) is 24.3 Å². The maximum Gasteiger partial charge on any atom is 0.307 e. The van der Waals surface area contributed by atoms with Crippen molar-refractivity contribution in [3.8, 4) is 0 Å². The summed E-state index contributed by atoms with van der Waals surface area (Å²) in [7, 11) is 0. The number of para-hydroxylation sites is 1. The van der Waals surface area contributed by atoms with Crippen molar-refractivity contribution in [1.82, 2.24) is 0 Å². The largest absolute Gasteiger partial charge is 0.481 e. The highest BCUT2D eigenvalue weighted by Gasteiger charge is 2.22. The molecule has 0 bridgehead atoms. The van der Waals surface area contributed by atoms with E-state index in [4.69, 9.17) is 5.11 Å². The summed E-state index contributed by atoms with van der Waals surface area (Å²) in [5, 5.41) is 11.7. The van der Waals surface area contributed by atoms with Gasteiger partial charge in [0.15, 0.2) is 0 Å². The molecule has 4 nitrogen and oxygen atoms in total. The molecule has 1 heterocycles. The summed E-state index contributed by atoms with van der Waals surface area (Å²) >= 11 is 1.88. The third-order valence-corrected chi connectivity index (χ3v) is 4.26. The standard InChI is InChI=1S/C14H17NO3S/c16-13(17)9-11-3-1-2-4-12(11)15-14(18)10-5-7-19-8-6-10/h1-4,10H,5-9H2,(H,15,18)(H,16,17). The molecule has 1 aromatic rings. The first-order chi connectivity index (χ1) is 9.16. The fourth-order valence-corrected chi connectivity index (χ4v) is 3.26. The van der Waals surface area contributed by atoms with Gasteiger partial charge in [0.1, 0.15) is 0 Å². The van der Waals surface area contributed by atoms with E-state index in [1.165, 1.54) is 0 Å². The second kappa shape index (κ2) is 6.61. The molecule has 102 valence electrons. The third-order valence-electron chi connectivity index (χ3n) is 3.21. The summed E-state index contributed by atoms with van der Waals surface area (Å²) in [6.45, 7) is 0. The molecule has 1 saturated heterocycles. The lowest BCUT2D eigenvalue weighted by atomic mass is 10.0. The van der Waals surface area contributed by atoms with E-state index in [2.05, 4.69) is 5.32 Å². The smallest absolute Gasteiger partial charge is 0.307 e.